The molecular weight excluding hydrogens is 359 g/mol. The molecule has 2 aromatic carbocycles. The zero-order chi connectivity index (χ0) is 17.7. The molecule has 2 atom stereocenters. The summed E-state index contributed by atoms with van der Waals surface area (Å²) in [7, 11) is -7.50. The van der Waals surface area contributed by atoms with Crippen molar-refractivity contribution in [2.45, 2.75) is 10.9 Å². The van der Waals surface area contributed by atoms with Crippen molar-refractivity contribution in [1.29, 1.82) is 0 Å². The van der Waals surface area contributed by atoms with Gasteiger partial charge in [-0.05, 0) is 24.3 Å². The Kier molecular flexibility index (Phi) is 5.68. The number of benzene rings is 2. The van der Waals surface area contributed by atoms with Crippen molar-refractivity contribution < 1.29 is 27.5 Å². The van der Waals surface area contributed by atoms with Crippen molar-refractivity contribution in [2.24, 2.45) is 0 Å². The molecule has 0 fully saturated rings. The van der Waals surface area contributed by atoms with Gasteiger partial charge in [-0.25, -0.2) is 8.42 Å². The minimum absolute atomic E-state index is 0.00811. The Morgan fingerprint density at radius 3 is 2.21 bits per heavy atom. The van der Waals surface area contributed by atoms with E-state index in [-0.39, 0.29) is 16.3 Å². The van der Waals surface area contributed by atoms with Crippen molar-refractivity contribution in [3.8, 4) is 5.75 Å². The van der Waals surface area contributed by atoms with Crippen LogP contribution in [-0.4, -0.2) is 24.2 Å². The Morgan fingerprint density at radius 1 is 1.12 bits per heavy atom. The Balaban J connectivity index is 2.18. The minimum Gasteiger partial charge on any atom is -0.465 e. The molecule has 0 saturated heterocycles. The molecule has 2 aromatic rings. The van der Waals surface area contributed by atoms with Gasteiger partial charge < -0.3 is 9.63 Å². The SMILES string of the molecule is O=[N+]([O-])c1ccc(OC(NS(=O)(=O)c2ccccc2)[PH](=O)O)cc1. The molecule has 128 valence electrons. The van der Waals surface area contributed by atoms with E-state index in [1.54, 1.807) is 6.07 Å². The maximum Gasteiger partial charge on any atom is 0.269 e. The third-order valence-electron chi connectivity index (χ3n) is 2.84. The molecule has 0 radical (unpaired) electrons. The van der Waals surface area contributed by atoms with E-state index in [0.29, 0.717) is 0 Å². The van der Waals surface area contributed by atoms with E-state index in [4.69, 9.17) is 4.74 Å². The van der Waals surface area contributed by atoms with Crippen LogP contribution >= 0.6 is 8.03 Å². The van der Waals surface area contributed by atoms with E-state index < -0.39 is 28.9 Å². The molecule has 0 saturated carbocycles. The number of nitro groups is 1. The predicted molar refractivity (Wildman–Crippen MR) is 85.5 cm³/mol. The van der Waals surface area contributed by atoms with Crippen molar-refractivity contribution in [3.63, 3.8) is 0 Å². The first-order valence-electron chi connectivity index (χ1n) is 6.51. The third kappa shape index (κ3) is 4.62. The normalized spacial score (nSPS) is 13.9. The molecule has 11 heteroatoms. The van der Waals surface area contributed by atoms with Crippen LogP contribution in [0.5, 0.6) is 5.75 Å². The number of non-ortho nitro benzene ring substituents is 1. The number of nitrogens with one attached hydrogen (secondary N) is 1. The summed E-state index contributed by atoms with van der Waals surface area (Å²) in [5.41, 5.74) is -0.194. The summed E-state index contributed by atoms with van der Waals surface area (Å²) in [5.74, 6) is -1.70. The predicted octanol–water partition coefficient (Wildman–Crippen LogP) is 1.70. The third-order valence-corrected chi connectivity index (χ3v) is 5.18. The molecule has 0 bridgehead atoms. The van der Waals surface area contributed by atoms with E-state index in [1.807, 2.05) is 4.72 Å². The van der Waals surface area contributed by atoms with Crippen molar-refractivity contribution in [2.75, 3.05) is 0 Å². The summed E-state index contributed by atoms with van der Waals surface area (Å²) in [6, 6.07) is 11.9. The first-order valence-corrected chi connectivity index (χ1v) is 9.42. The highest BCUT2D eigenvalue weighted by atomic mass is 32.2. The second-order valence-corrected chi connectivity index (χ2v) is 7.44. The van der Waals surface area contributed by atoms with Crippen LogP contribution in [0.1, 0.15) is 0 Å². The maximum atomic E-state index is 12.2. The van der Waals surface area contributed by atoms with Crippen LogP contribution in [-0.2, 0) is 14.6 Å². The first kappa shape index (κ1) is 18.1. The van der Waals surface area contributed by atoms with Gasteiger partial charge in [-0.3, -0.25) is 14.7 Å². The van der Waals surface area contributed by atoms with E-state index in [0.717, 1.165) is 12.1 Å². The number of hydrogen-bond donors (Lipinski definition) is 2. The largest absolute Gasteiger partial charge is 0.465 e. The fraction of sp³-hybridized carbons (Fsp3) is 0.0769. The smallest absolute Gasteiger partial charge is 0.269 e. The highest BCUT2D eigenvalue weighted by molar-refractivity contribution is 7.89. The van der Waals surface area contributed by atoms with Crippen molar-refractivity contribution in [3.05, 3.63) is 64.7 Å². The number of nitro benzene ring substituents is 1. The van der Waals surface area contributed by atoms with Gasteiger partial charge in [0.15, 0.2) is 0 Å². The molecule has 24 heavy (non-hydrogen) atoms. The molecule has 0 spiro atoms. The highest BCUT2D eigenvalue weighted by Gasteiger charge is 2.25. The Labute approximate surface area is 138 Å². The van der Waals surface area contributed by atoms with Crippen LogP contribution in [0.25, 0.3) is 0 Å². The van der Waals surface area contributed by atoms with Gasteiger partial charge in [0.2, 0.25) is 24.0 Å². The standard InChI is InChI=1S/C13H13N2O7PS/c16-15(17)10-6-8-11(9-7-10)22-13(23(18)19)14-24(20,21)12-4-2-1-3-5-12/h1-9,13-14,23H,(H,18,19). The van der Waals surface area contributed by atoms with Crippen LogP contribution in [0.15, 0.2) is 59.5 Å². The average Bonchev–Trinajstić information content (AvgIpc) is 2.55. The molecule has 0 aliphatic carbocycles. The van der Waals surface area contributed by atoms with Gasteiger partial charge in [0.05, 0.1) is 9.82 Å². The van der Waals surface area contributed by atoms with Crippen molar-refractivity contribution >= 4 is 23.7 Å². The average molecular weight is 372 g/mol. The molecule has 9 nitrogen and oxygen atoms in total. The second-order valence-electron chi connectivity index (χ2n) is 4.52. The van der Waals surface area contributed by atoms with Gasteiger partial charge >= 0.3 is 0 Å². The molecule has 0 aliphatic rings. The molecule has 0 aromatic heterocycles. The van der Waals surface area contributed by atoms with Gasteiger partial charge in [0, 0.05) is 12.1 Å². The zero-order valence-electron chi connectivity index (χ0n) is 12.0. The maximum absolute atomic E-state index is 12.2. The lowest BCUT2D eigenvalue weighted by molar-refractivity contribution is -0.384. The quantitative estimate of drug-likeness (QED) is 0.327. The van der Waals surface area contributed by atoms with Crippen molar-refractivity contribution in [1.82, 2.24) is 4.72 Å². The molecule has 2 unspecified atom stereocenters. The van der Waals surface area contributed by atoms with E-state index >= 15 is 0 Å². The fourth-order valence-corrected chi connectivity index (χ4v) is 3.80. The lowest BCUT2D eigenvalue weighted by Gasteiger charge is -2.17. The number of hydrogen-bond acceptors (Lipinski definition) is 6. The molecule has 0 amide bonds. The summed E-state index contributed by atoms with van der Waals surface area (Å²) in [6.45, 7) is 0. The summed E-state index contributed by atoms with van der Waals surface area (Å²) < 4.78 is 42.9. The zero-order valence-corrected chi connectivity index (χ0v) is 13.8. The molecular formula is C13H13N2O7PS. The Morgan fingerprint density at radius 2 is 1.71 bits per heavy atom. The number of ether oxygens (including phenoxy) is 1. The Bertz CT molecular complexity index is 840. The monoisotopic (exact) mass is 372 g/mol. The minimum atomic E-state index is -4.06. The van der Waals surface area contributed by atoms with Crippen LogP contribution in [0, 0.1) is 10.1 Å². The first-order chi connectivity index (χ1) is 11.3. The molecule has 0 aliphatic heterocycles. The van der Waals surface area contributed by atoms with E-state index in [9.17, 15) is 28.0 Å². The van der Waals surface area contributed by atoms with Gasteiger partial charge in [-0.2, -0.15) is 4.72 Å². The molecule has 2 rings (SSSR count). The number of nitrogens with zero attached hydrogens (tertiary/aromatic N) is 1. The van der Waals surface area contributed by atoms with Crippen LogP contribution in [0.2, 0.25) is 0 Å². The lowest BCUT2D eigenvalue weighted by atomic mass is 10.3. The summed E-state index contributed by atoms with van der Waals surface area (Å²) >= 11 is 0. The van der Waals surface area contributed by atoms with Crippen LogP contribution < -0.4 is 9.46 Å². The van der Waals surface area contributed by atoms with E-state index in [1.165, 1.54) is 36.4 Å². The van der Waals surface area contributed by atoms with Gasteiger partial charge in [0.1, 0.15) is 5.75 Å². The van der Waals surface area contributed by atoms with Crippen LogP contribution in [0.4, 0.5) is 5.69 Å². The highest BCUT2D eigenvalue weighted by Crippen LogP contribution is 2.27. The van der Waals surface area contributed by atoms with Gasteiger partial charge in [-0.15, -0.1) is 0 Å². The lowest BCUT2D eigenvalue weighted by Crippen LogP contribution is -2.36. The topological polar surface area (TPSA) is 136 Å². The number of sulfonamides is 1. The molecule has 2 N–H and O–H groups in total. The van der Waals surface area contributed by atoms with Gasteiger partial charge in [-0.1, -0.05) is 18.2 Å². The van der Waals surface area contributed by atoms with Crippen LogP contribution in [0.3, 0.4) is 0 Å². The van der Waals surface area contributed by atoms with E-state index in [2.05, 4.69) is 0 Å². The second kappa shape index (κ2) is 7.54. The summed E-state index contributed by atoms with van der Waals surface area (Å²) in [6.07, 6.45) is 0. The van der Waals surface area contributed by atoms with Gasteiger partial charge in [0.25, 0.3) is 5.69 Å². The fourth-order valence-electron chi connectivity index (χ4n) is 1.72. The number of rotatable bonds is 7. The Hall–Kier alpha value is -2.26. The summed E-state index contributed by atoms with van der Waals surface area (Å²) in [4.78, 5) is 19.2. The molecule has 0 heterocycles. The summed E-state index contributed by atoms with van der Waals surface area (Å²) in [5, 5.41) is 10.6.